The molecule has 1 N–H and O–H groups in total. The van der Waals surface area contributed by atoms with Gasteiger partial charge in [-0.05, 0) is 44.1 Å². The molecule has 0 atom stereocenters. The van der Waals surface area contributed by atoms with Gasteiger partial charge in [0.1, 0.15) is 0 Å². The van der Waals surface area contributed by atoms with Crippen molar-refractivity contribution in [2.24, 2.45) is 0 Å². The van der Waals surface area contributed by atoms with Crippen LogP contribution < -0.4 is 5.32 Å². The van der Waals surface area contributed by atoms with Crippen molar-refractivity contribution in [1.29, 1.82) is 0 Å². The third-order valence-electron chi connectivity index (χ3n) is 5.17. The largest absolute Gasteiger partial charge is 0.381 e. The van der Waals surface area contributed by atoms with Gasteiger partial charge in [0.25, 0.3) is 0 Å². The van der Waals surface area contributed by atoms with Crippen molar-refractivity contribution in [3.63, 3.8) is 0 Å². The van der Waals surface area contributed by atoms with E-state index in [1.807, 2.05) is 18.2 Å². The van der Waals surface area contributed by atoms with Gasteiger partial charge in [0.2, 0.25) is 5.91 Å². The first-order chi connectivity index (χ1) is 11.8. The summed E-state index contributed by atoms with van der Waals surface area (Å²) in [6.07, 6.45) is 6.01. The maximum absolute atomic E-state index is 13.2. The second-order valence-electron chi connectivity index (χ2n) is 6.61. The Hall–Kier alpha value is -1.72. The molecule has 0 saturated carbocycles. The molecule has 1 aromatic carbocycles. The van der Waals surface area contributed by atoms with E-state index < -0.39 is 5.41 Å². The molecule has 0 bridgehead atoms. The number of ether oxygens (including phenoxy) is 1. The maximum Gasteiger partial charge on any atom is 0.236 e. The number of rotatable bonds is 3. The van der Waals surface area contributed by atoms with Gasteiger partial charge in [-0.15, -0.1) is 11.3 Å². The second kappa shape index (κ2) is 6.65. The summed E-state index contributed by atoms with van der Waals surface area (Å²) in [4.78, 5) is 19.2. The number of benzene rings is 1. The molecule has 1 saturated heterocycles. The minimum absolute atomic E-state index is 0.0584. The van der Waals surface area contributed by atoms with Crippen LogP contribution in [0.15, 0.2) is 30.3 Å². The molecule has 2 aliphatic rings. The van der Waals surface area contributed by atoms with Crippen LogP contribution in [0.4, 0.5) is 5.13 Å². The summed E-state index contributed by atoms with van der Waals surface area (Å²) in [5.74, 6) is 0.0584. The highest BCUT2D eigenvalue weighted by molar-refractivity contribution is 7.15. The van der Waals surface area contributed by atoms with Crippen LogP contribution in [0.1, 0.15) is 41.8 Å². The highest BCUT2D eigenvalue weighted by Crippen LogP contribution is 2.37. The quantitative estimate of drug-likeness (QED) is 0.925. The van der Waals surface area contributed by atoms with E-state index in [9.17, 15) is 4.79 Å². The second-order valence-corrected chi connectivity index (χ2v) is 7.69. The SMILES string of the molecule is O=C(Nc1nc2c(s1)CCCC2)C1(c2ccccc2)CCOCC1. The van der Waals surface area contributed by atoms with Crippen LogP contribution in [0.5, 0.6) is 0 Å². The molecule has 24 heavy (non-hydrogen) atoms. The standard InChI is InChI=1S/C19H22N2O2S/c22-17(21-18-20-15-8-4-5-9-16(15)24-18)19(10-12-23-13-11-19)14-6-2-1-3-7-14/h1-3,6-7H,4-5,8-13H2,(H,20,21,22). The number of hydrogen-bond acceptors (Lipinski definition) is 4. The molecule has 1 aromatic heterocycles. The number of carbonyl (C=O) groups is 1. The van der Waals surface area contributed by atoms with E-state index in [1.165, 1.54) is 23.4 Å². The lowest BCUT2D eigenvalue weighted by molar-refractivity contribution is -0.125. The lowest BCUT2D eigenvalue weighted by atomic mass is 9.73. The van der Waals surface area contributed by atoms with Crippen LogP contribution in [0, 0.1) is 0 Å². The topological polar surface area (TPSA) is 51.2 Å². The van der Waals surface area contributed by atoms with Gasteiger partial charge in [0.15, 0.2) is 5.13 Å². The zero-order valence-electron chi connectivity index (χ0n) is 13.7. The molecular formula is C19H22N2O2S. The molecule has 5 heteroatoms. The highest BCUT2D eigenvalue weighted by Gasteiger charge is 2.42. The summed E-state index contributed by atoms with van der Waals surface area (Å²) < 4.78 is 5.52. The lowest BCUT2D eigenvalue weighted by Crippen LogP contribution is -2.44. The van der Waals surface area contributed by atoms with Gasteiger partial charge < -0.3 is 10.1 Å². The fraction of sp³-hybridized carbons (Fsp3) is 0.474. The summed E-state index contributed by atoms with van der Waals surface area (Å²) in [6.45, 7) is 1.24. The summed E-state index contributed by atoms with van der Waals surface area (Å²) in [7, 11) is 0. The smallest absolute Gasteiger partial charge is 0.236 e. The van der Waals surface area contributed by atoms with E-state index in [0.717, 1.165) is 23.5 Å². The minimum atomic E-state index is -0.508. The van der Waals surface area contributed by atoms with Gasteiger partial charge >= 0.3 is 0 Å². The van der Waals surface area contributed by atoms with Crippen LogP contribution in [-0.2, 0) is 27.8 Å². The van der Waals surface area contributed by atoms with Crippen LogP contribution in [-0.4, -0.2) is 24.1 Å². The first kappa shape index (κ1) is 15.8. The molecule has 2 heterocycles. The Bertz CT molecular complexity index is 697. The number of carbonyl (C=O) groups excluding carboxylic acids is 1. The van der Waals surface area contributed by atoms with Crippen molar-refractivity contribution in [2.75, 3.05) is 18.5 Å². The van der Waals surface area contributed by atoms with Gasteiger partial charge in [-0.1, -0.05) is 30.3 Å². The van der Waals surface area contributed by atoms with Crippen molar-refractivity contribution in [1.82, 2.24) is 4.98 Å². The van der Waals surface area contributed by atoms with Gasteiger partial charge in [-0.2, -0.15) is 0 Å². The van der Waals surface area contributed by atoms with E-state index in [4.69, 9.17) is 4.74 Å². The Morgan fingerprint density at radius 1 is 1.12 bits per heavy atom. The predicted molar refractivity (Wildman–Crippen MR) is 95.6 cm³/mol. The van der Waals surface area contributed by atoms with Crippen molar-refractivity contribution < 1.29 is 9.53 Å². The van der Waals surface area contributed by atoms with Crippen LogP contribution in [0.3, 0.4) is 0 Å². The monoisotopic (exact) mass is 342 g/mol. The number of anilines is 1. The molecular weight excluding hydrogens is 320 g/mol. The van der Waals surface area contributed by atoms with Gasteiger partial charge in [0, 0.05) is 18.1 Å². The number of hydrogen-bond donors (Lipinski definition) is 1. The molecule has 0 spiro atoms. The number of aromatic nitrogens is 1. The number of nitrogens with zero attached hydrogens (tertiary/aromatic N) is 1. The average Bonchev–Trinajstić information content (AvgIpc) is 3.05. The Balaban J connectivity index is 1.61. The van der Waals surface area contributed by atoms with E-state index in [-0.39, 0.29) is 5.91 Å². The zero-order chi connectivity index (χ0) is 16.4. The third kappa shape index (κ3) is 2.87. The fourth-order valence-corrected chi connectivity index (χ4v) is 4.79. The molecule has 4 rings (SSSR count). The van der Waals surface area contributed by atoms with Gasteiger partial charge in [-0.25, -0.2) is 4.98 Å². The number of thiazole rings is 1. The Kier molecular flexibility index (Phi) is 4.37. The maximum atomic E-state index is 13.2. The van der Waals surface area contributed by atoms with Crippen molar-refractivity contribution >= 4 is 22.4 Å². The van der Waals surface area contributed by atoms with Crippen LogP contribution in [0.2, 0.25) is 0 Å². The summed E-state index contributed by atoms with van der Waals surface area (Å²) >= 11 is 1.65. The van der Waals surface area contributed by atoms with Gasteiger partial charge in [-0.3, -0.25) is 4.79 Å². The Morgan fingerprint density at radius 2 is 1.88 bits per heavy atom. The fourth-order valence-electron chi connectivity index (χ4n) is 3.75. The zero-order valence-corrected chi connectivity index (χ0v) is 14.5. The Labute approximate surface area is 146 Å². The van der Waals surface area contributed by atoms with Crippen molar-refractivity contribution in [2.45, 2.75) is 43.9 Å². The number of aryl methyl sites for hydroxylation is 2. The minimum Gasteiger partial charge on any atom is -0.381 e. The molecule has 1 aliphatic carbocycles. The molecule has 1 fully saturated rings. The van der Waals surface area contributed by atoms with E-state index >= 15 is 0 Å². The number of fused-ring (bicyclic) bond motifs is 1. The normalized spacial score (nSPS) is 19.5. The van der Waals surface area contributed by atoms with Crippen LogP contribution in [0.25, 0.3) is 0 Å². The first-order valence-corrected chi connectivity index (χ1v) is 9.53. The highest BCUT2D eigenvalue weighted by atomic mass is 32.1. The summed E-state index contributed by atoms with van der Waals surface area (Å²) in [6, 6.07) is 10.1. The molecule has 1 aliphatic heterocycles. The number of nitrogens with one attached hydrogen (secondary N) is 1. The van der Waals surface area contributed by atoms with Crippen molar-refractivity contribution in [3.8, 4) is 0 Å². The molecule has 4 nitrogen and oxygen atoms in total. The van der Waals surface area contributed by atoms with E-state index in [2.05, 4.69) is 22.4 Å². The first-order valence-electron chi connectivity index (χ1n) is 8.71. The van der Waals surface area contributed by atoms with E-state index in [1.54, 1.807) is 11.3 Å². The van der Waals surface area contributed by atoms with Gasteiger partial charge in [0.05, 0.1) is 11.1 Å². The summed E-state index contributed by atoms with van der Waals surface area (Å²) in [5, 5.41) is 3.88. The van der Waals surface area contributed by atoms with Crippen LogP contribution >= 0.6 is 11.3 Å². The molecule has 126 valence electrons. The van der Waals surface area contributed by atoms with E-state index in [0.29, 0.717) is 26.1 Å². The average molecular weight is 342 g/mol. The molecule has 2 aromatic rings. The van der Waals surface area contributed by atoms with Crippen molar-refractivity contribution in [3.05, 3.63) is 46.5 Å². The number of amides is 1. The molecule has 1 amide bonds. The summed E-state index contributed by atoms with van der Waals surface area (Å²) in [5.41, 5.74) is 1.75. The Morgan fingerprint density at radius 3 is 2.62 bits per heavy atom. The third-order valence-corrected chi connectivity index (χ3v) is 6.25. The predicted octanol–water partition coefficient (Wildman–Crippen LogP) is 3.71. The lowest BCUT2D eigenvalue weighted by Gasteiger charge is -2.35. The molecule has 0 radical (unpaired) electrons. The molecule has 0 unspecified atom stereocenters.